The summed E-state index contributed by atoms with van der Waals surface area (Å²) in [4.78, 5) is 34.4. The van der Waals surface area contributed by atoms with E-state index in [1.54, 1.807) is 29.3 Å². The van der Waals surface area contributed by atoms with Gasteiger partial charge in [-0.2, -0.15) is 0 Å². The average Bonchev–Trinajstić information content (AvgIpc) is 3.31. The molecule has 0 aliphatic carbocycles. The molecule has 0 bridgehead atoms. The number of aromatic carboxylic acids is 1. The molecule has 136 valence electrons. The Labute approximate surface area is 156 Å². The fraction of sp³-hybridized carbons (Fsp3) is 0.190. The number of imidazole rings is 1. The molecule has 4 rings (SSSR count). The summed E-state index contributed by atoms with van der Waals surface area (Å²) in [5.41, 5.74) is 3.01. The van der Waals surface area contributed by atoms with Gasteiger partial charge in [-0.05, 0) is 30.2 Å². The number of H-pyrrole nitrogens is 1. The van der Waals surface area contributed by atoms with Gasteiger partial charge in [-0.25, -0.2) is 9.78 Å². The minimum absolute atomic E-state index is 0.000627. The van der Waals surface area contributed by atoms with Crippen LogP contribution in [0, 0.1) is 0 Å². The Morgan fingerprint density at radius 3 is 2.56 bits per heavy atom. The van der Waals surface area contributed by atoms with Crippen molar-refractivity contribution in [2.75, 3.05) is 4.90 Å². The van der Waals surface area contributed by atoms with Crippen LogP contribution in [0.25, 0.3) is 0 Å². The summed E-state index contributed by atoms with van der Waals surface area (Å²) in [6.45, 7) is 2.03. The van der Waals surface area contributed by atoms with Crippen LogP contribution in [0.15, 0.2) is 54.7 Å². The number of benzene rings is 2. The van der Waals surface area contributed by atoms with E-state index in [2.05, 4.69) is 9.97 Å². The van der Waals surface area contributed by atoms with Crippen molar-refractivity contribution in [3.05, 3.63) is 82.9 Å². The zero-order valence-corrected chi connectivity index (χ0v) is 14.8. The van der Waals surface area contributed by atoms with E-state index in [0.717, 1.165) is 23.4 Å². The second-order valence-electron chi connectivity index (χ2n) is 6.52. The average molecular weight is 361 g/mol. The maximum absolute atomic E-state index is 13.4. The van der Waals surface area contributed by atoms with Gasteiger partial charge in [0.2, 0.25) is 0 Å². The van der Waals surface area contributed by atoms with Gasteiger partial charge in [-0.3, -0.25) is 9.69 Å². The lowest BCUT2D eigenvalue weighted by atomic mass is 10.1. The summed E-state index contributed by atoms with van der Waals surface area (Å²) >= 11 is 0. The summed E-state index contributed by atoms with van der Waals surface area (Å²) in [7, 11) is 0. The third-order valence-corrected chi connectivity index (χ3v) is 4.93. The number of carboxylic acid groups (broad SMARTS) is 1. The van der Waals surface area contributed by atoms with Gasteiger partial charge in [0.05, 0.1) is 17.2 Å². The number of hydrogen-bond donors (Lipinski definition) is 2. The third-order valence-electron chi connectivity index (χ3n) is 4.93. The van der Waals surface area contributed by atoms with E-state index in [4.69, 9.17) is 0 Å². The van der Waals surface area contributed by atoms with E-state index in [9.17, 15) is 14.7 Å². The quantitative estimate of drug-likeness (QED) is 0.743. The van der Waals surface area contributed by atoms with E-state index in [1.807, 2.05) is 31.2 Å². The number of rotatable bonds is 4. The van der Waals surface area contributed by atoms with Gasteiger partial charge < -0.3 is 10.1 Å². The number of hydrogen-bond acceptors (Lipinski definition) is 3. The first-order valence-electron chi connectivity index (χ1n) is 8.87. The predicted octanol–water partition coefficient (Wildman–Crippen LogP) is 3.61. The Morgan fingerprint density at radius 2 is 1.85 bits per heavy atom. The molecule has 1 unspecified atom stereocenters. The molecule has 0 fully saturated rings. The minimum atomic E-state index is -1.12. The van der Waals surface area contributed by atoms with Crippen LogP contribution in [0.2, 0.25) is 0 Å². The number of carbonyl (C=O) groups excluding carboxylic acids is 1. The number of aryl methyl sites for hydroxylation is 1. The van der Waals surface area contributed by atoms with Crippen LogP contribution >= 0.6 is 0 Å². The highest BCUT2D eigenvalue weighted by molar-refractivity contribution is 6.13. The van der Waals surface area contributed by atoms with Crippen molar-refractivity contribution in [3.63, 3.8) is 0 Å². The molecule has 0 saturated heterocycles. The van der Waals surface area contributed by atoms with Crippen LogP contribution in [-0.2, 0) is 12.8 Å². The Morgan fingerprint density at radius 1 is 1.15 bits per heavy atom. The molecule has 2 aromatic carbocycles. The van der Waals surface area contributed by atoms with E-state index in [0.29, 0.717) is 12.2 Å². The number of aromatic amines is 1. The highest BCUT2D eigenvalue weighted by Gasteiger charge is 2.37. The first-order chi connectivity index (χ1) is 13.1. The number of nitrogens with one attached hydrogen (secondary N) is 1. The first-order valence-corrected chi connectivity index (χ1v) is 8.87. The molecule has 27 heavy (non-hydrogen) atoms. The molecule has 2 N–H and O–H groups in total. The van der Waals surface area contributed by atoms with Gasteiger partial charge in [0, 0.05) is 24.0 Å². The smallest absolute Gasteiger partial charge is 0.336 e. The van der Waals surface area contributed by atoms with Crippen LogP contribution in [0.5, 0.6) is 0 Å². The number of anilines is 1. The largest absolute Gasteiger partial charge is 0.478 e. The van der Waals surface area contributed by atoms with Gasteiger partial charge in [0.15, 0.2) is 0 Å². The van der Waals surface area contributed by atoms with Gasteiger partial charge in [-0.15, -0.1) is 0 Å². The number of amides is 1. The van der Waals surface area contributed by atoms with E-state index in [1.165, 1.54) is 6.07 Å². The second kappa shape index (κ2) is 6.72. The molecule has 1 atom stereocenters. The van der Waals surface area contributed by atoms with Crippen LogP contribution in [0.3, 0.4) is 0 Å². The predicted molar refractivity (Wildman–Crippen MR) is 101 cm³/mol. The third kappa shape index (κ3) is 2.89. The van der Waals surface area contributed by atoms with Crippen molar-refractivity contribution in [1.29, 1.82) is 0 Å². The first kappa shape index (κ1) is 17.0. The zero-order chi connectivity index (χ0) is 19.0. The molecule has 0 saturated carbocycles. The Kier molecular flexibility index (Phi) is 4.24. The summed E-state index contributed by atoms with van der Waals surface area (Å²) < 4.78 is 0. The number of nitrogens with zero attached hydrogens (tertiary/aromatic N) is 2. The van der Waals surface area contributed by atoms with E-state index >= 15 is 0 Å². The second-order valence-corrected chi connectivity index (χ2v) is 6.52. The van der Waals surface area contributed by atoms with Crippen LogP contribution < -0.4 is 4.90 Å². The molecule has 6 heteroatoms. The summed E-state index contributed by atoms with van der Waals surface area (Å²) in [6.07, 6.45) is 3.24. The van der Waals surface area contributed by atoms with Gasteiger partial charge in [0.1, 0.15) is 5.82 Å². The number of fused-ring (bicyclic) bond motifs is 1. The molecule has 0 spiro atoms. The van der Waals surface area contributed by atoms with Crippen molar-refractivity contribution in [3.8, 4) is 0 Å². The Hall–Kier alpha value is -3.41. The molecule has 0 radical (unpaired) electrons. The fourth-order valence-electron chi connectivity index (χ4n) is 3.57. The summed E-state index contributed by atoms with van der Waals surface area (Å²) in [6, 6.07) is 13.7. The van der Waals surface area contributed by atoms with Crippen LogP contribution in [0.4, 0.5) is 5.69 Å². The van der Waals surface area contributed by atoms with Crippen molar-refractivity contribution in [2.24, 2.45) is 0 Å². The summed E-state index contributed by atoms with van der Waals surface area (Å²) in [5.74, 6) is -0.740. The number of aromatic nitrogens is 2. The highest BCUT2D eigenvalue weighted by Crippen LogP contribution is 2.40. The lowest BCUT2D eigenvalue weighted by Gasteiger charge is -2.25. The topological polar surface area (TPSA) is 86.3 Å². The molecular formula is C21H19N3O3. The zero-order valence-electron chi connectivity index (χ0n) is 14.8. The summed E-state index contributed by atoms with van der Waals surface area (Å²) in [5, 5.41) is 9.48. The number of para-hydroxylation sites is 1. The van der Waals surface area contributed by atoms with E-state index in [-0.39, 0.29) is 23.1 Å². The van der Waals surface area contributed by atoms with Crippen molar-refractivity contribution in [2.45, 2.75) is 25.8 Å². The molecule has 1 amide bonds. The number of carboxylic acids is 1. The lowest BCUT2D eigenvalue weighted by molar-refractivity contribution is 0.0691. The van der Waals surface area contributed by atoms with Gasteiger partial charge >= 0.3 is 5.97 Å². The van der Waals surface area contributed by atoms with Crippen molar-refractivity contribution >= 4 is 17.6 Å². The van der Waals surface area contributed by atoms with Gasteiger partial charge in [-0.1, -0.05) is 37.3 Å². The highest BCUT2D eigenvalue weighted by atomic mass is 16.4. The molecule has 1 aliphatic rings. The van der Waals surface area contributed by atoms with Crippen LogP contribution in [-0.4, -0.2) is 27.0 Å². The van der Waals surface area contributed by atoms with Gasteiger partial charge in [0.25, 0.3) is 5.91 Å². The normalized spacial score (nSPS) is 15.6. The molecule has 1 aromatic heterocycles. The van der Waals surface area contributed by atoms with Crippen molar-refractivity contribution in [1.82, 2.24) is 9.97 Å². The molecule has 6 nitrogen and oxygen atoms in total. The van der Waals surface area contributed by atoms with Crippen molar-refractivity contribution < 1.29 is 14.7 Å². The lowest BCUT2D eigenvalue weighted by Crippen LogP contribution is -2.33. The van der Waals surface area contributed by atoms with E-state index < -0.39 is 5.97 Å². The number of carbonyl (C=O) groups is 2. The molecule has 3 aromatic rings. The standard InChI is InChI=1S/C21H19N3O3/c1-2-14-12-22-19(23-14)18-11-13-7-3-6-10-17(13)24(18)20(25)15-8-4-5-9-16(15)21(26)27/h3-10,12,18H,2,11H2,1H3,(H,22,23)(H,26,27). The Bertz CT molecular complexity index is 1020. The molecule has 1 aliphatic heterocycles. The molecule has 2 heterocycles. The maximum Gasteiger partial charge on any atom is 0.336 e. The molecular weight excluding hydrogens is 342 g/mol. The fourth-order valence-corrected chi connectivity index (χ4v) is 3.57. The maximum atomic E-state index is 13.4. The monoisotopic (exact) mass is 361 g/mol. The minimum Gasteiger partial charge on any atom is -0.478 e. The Balaban J connectivity index is 1.81. The van der Waals surface area contributed by atoms with Crippen LogP contribution in [0.1, 0.15) is 50.8 Å². The SMILES string of the molecule is CCc1cnc(C2Cc3ccccc3N2C(=O)c2ccccc2C(=O)O)[nH]1.